The van der Waals surface area contributed by atoms with Crippen molar-refractivity contribution in [3.63, 3.8) is 0 Å². The molecule has 4 amide bonds. The molecule has 170 valence electrons. The fourth-order valence-corrected chi connectivity index (χ4v) is 2.94. The number of amides is 4. The summed E-state index contributed by atoms with van der Waals surface area (Å²) in [6.45, 7) is 9.14. The molecule has 0 saturated carbocycles. The van der Waals surface area contributed by atoms with Gasteiger partial charge in [-0.25, -0.2) is 0 Å². The zero-order valence-electron chi connectivity index (χ0n) is 18.4. The van der Waals surface area contributed by atoms with Crippen molar-refractivity contribution < 1.29 is 28.7 Å². The molecule has 3 atom stereocenters. The summed E-state index contributed by atoms with van der Waals surface area (Å²) in [5.41, 5.74) is -0.849. The van der Waals surface area contributed by atoms with E-state index in [1.54, 1.807) is 6.92 Å². The van der Waals surface area contributed by atoms with Crippen molar-refractivity contribution in [2.75, 3.05) is 19.7 Å². The zero-order valence-corrected chi connectivity index (χ0v) is 18.4. The summed E-state index contributed by atoms with van der Waals surface area (Å²) in [5, 5.41) is 9.96. The number of carbonyl (C=O) groups is 5. The normalized spacial score (nSPS) is 19.6. The van der Waals surface area contributed by atoms with Crippen LogP contribution < -0.4 is 21.3 Å². The van der Waals surface area contributed by atoms with E-state index in [9.17, 15) is 24.0 Å². The number of hydrogen-bond donors (Lipinski definition) is 4. The lowest BCUT2D eigenvalue weighted by atomic mass is 9.93. The van der Waals surface area contributed by atoms with Gasteiger partial charge in [0.15, 0.2) is 5.78 Å². The van der Waals surface area contributed by atoms with E-state index >= 15 is 0 Å². The Morgan fingerprint density at radius 3 is 1.93 bits per heavy atom. The minimum absolute atomic E-state index is 0.112. The fourth-order valence-electron chi connectivity index (χ4n) is 2.94. The van der Waals surface area contributed by atoms with Gasteiger partial charge in [0, 0.05) is 0 Å². The Morgan fingerprint density at radius 2 is 1.43 bits per heavy atom. The van der Waals surface area contributed by atoms with Crippen LogP contribution in [0.1, 0.15) is 47.5 Å². The largest absolute Gasteiger partial charge is 0.361 e. The first-order chi connectivity index (χ1) is 14.0. The van der Waals surface area contributed by atoms with Crippen LogP contribution in [0.3, 0.4) is 0 Å². The molecule has 10 nitrogen and oxygen atoms in total. The lowest BCUT2D eigenvalue weighted by Gasteiger charge is -2.22. The Morgan fingerprint density at radius 1 is 0.933 bits per heavy atom. The third-order valence-corrected chi connectivity index (χ3v) is 4.59. The van der Waals surface area contributed by atoms with Crippen LogP contribution in [-0.4, -0.2) is 67.3 Å². The van der Waals surface area contributed by atoms with E-state index in [1.807, 2.05) is 27.7 Å². The Hall–Kier alpha value is -2.49. The molecule has 1 saturated heterocycles. The standard InChI is InChI=1S/C20H34N4O6/c1-12(2)6-14(18(28)20(5)10-30-20)23-17(27)9-22-19(29)15(7-13(3)4)24-16(26)8-21-11-25/h11-15H,6-10H2,1-5H3,(H,21,25)(H,22,29)(H,23,27)(H,24,26). The number of carbonyl (C=O) groups excluding carboxylic acids is 5. The summed E-state index contributed by atoms with van der Waals surface area (Å²) in [6.07, 6.45) is 1.22. The van der Waals surface area contributed by atoms with E-state index in [4.69, 9.17) is 4.74 Å². The Labute approximate surface area is 177 Å². The number of rotatable bonds is 14. The van der Waals surface area contributed by atoms with E-state index in [1.165, 1.54) is 0 Å². The van der Waals surface area contributed by atoms with Crippen LogP contribution in [0, 0.1) is 11.8 Å². The molecular weight excluding hydrogens is 392 g/mol. The van der Waals surface area contributed by atoms with Gasteiger partial charge in [-0.2, -0.15) is 0 Å². The summed E-state index contributed by atoms with van der Waals surface area (Å²) in [6, 6.07) is -1.53. The third kappa shape index (κ3) is 8.89. The molecule has 10 heteroatoms. The van der Waals surface area contributed by atoms with Crippen LogP contribution >= 0.6 is 0 Å². The average molecular weight is 427 g/mol. The van der Waals surface area contributed by atoms with Crippen molar-refractivity contribution in [3.8, 4) is 0 Å². The summed E-state index contributed by atoms with van der Waals surface area (Å²) < 4.78 is 5.20. The molecule has 1 fully saturated rings. The molecule has 0 aromatic rings. The van der Waals surface area contributed by atoms with Crippen LogP contribution in [0.4, 0.5) is 0 Å². The van der Waals surface area contributed by atoms with E-state index in [0.29, 0.717) is 25.9 Å². The van der Waals surface area contributed by atoms with Crippen molar-refractivity contribution in [1.29, 1.82) is 0 Å². The average Bonchev–Trinajstić information content (AvgIpc) is 3.40. The van der Waals surface area contributed by atoms with Crippen molar-refractivity contribution in [2.45, 2.75) is 65.1 Å². The Bertz CT molecular complexity index is 645. The highest BCUT2D eigenvalue weighted by molar-refractivity contribution is 5.97. The number of nitrogens with one attached hydrogen (secondary N) is 4. The van der Waals surface area contributed by atoms with E-state index in [0.717, 1.165) is 0 Å². The third-order valence-electron chi connectivity index (χ3n) is 4.59. The topological polar surface area (TPSA) is 146 Å². The maximum atomic E-state index is 12.6. The van der Waals surface area contributed by atoms with E-state index in [2.05, 4.69) is 21.3 Å². The number of ether oxygens (including phenoxy) is 1. The second-order valence-corrected chi connectivity index (χ2v) is 8.60. The monoisotopic (exact) mass is 426 g/mol. The van der Waals surface area contributed by atoms with Crippen LogP contribution in [0.2, 0.25) is 0 Å². The molecule has 0 bridgehead atoms. The lowest BCUT2D eigenvalue weighted by molar-refractivity contribution is -0.132. The quantitative estimate of drug-likeness (QED) is 0.213. The maximum absolute atomic E-state index is 12.6. The van der Waals surface area contributed by atoms with Gasteiger partial charge in [-0.3, -0.25) is 24.0 Å². The molecule has 0 spiro atoms. The Balaban J connectivity index is 2.62. The van der Waals surface area contributed by atoms with Gasteiger partial charge in [0.2, 0.25) is 24.1 Å². The predicted molar refractivity (Wildman–Crippen MR) is 109 cm³/mol. The van der Waals surface area contributed by atoms with Gasteiger partial charge in [0.25, 0.3) is 0 Å². The van der Waals surface area contributed by atoms with Crippen molar-refractivity contribution in [3.05, 3.63) is 0 Å². The van der Waals surface area contributed by atoms with E-state index in [-0.39, 0.29) is 30.7 Å². The fraction of sp³-hybridized carbons (Fsp3) is 0.750. The highest BCUT2D eigenvalue weighted by atomic mass is 16.6. The minimum Gasteiger partial charge on any atom is -0.361 e. The predicted octanol–water partition coefficient (Wildman–Crippen LogP) is -0.732. The van der Waals surface area contributed by atoms with Crippen LogP contribution in [0.15, 0.2) is 0 Å². The molecular formula is C20H34N4O6. The van der Waals surface area contributed by atoms with Gasteiger partial charge in [-0.1, -0.05) is 27.7 Å². The zero-order chi connectivity index (χ0) is 22.9. The highest BCUT2D eigenvalue weighted by Gasteiger charge is 2.50. The summed E-state index contributed by atoms with van der Waals surface area (Å²) in [4.78, 5) is 59.5. The summed E-state index contributed by atoms with van der Waals surface area (Å²) >= 11 is 0. The second kappa shape index (κ2) is 11.6. The number of Topliss-reactive ketones (excluding diaryl/α,β-unsaturated/α-hetero) is 1. The van der Waals surface area contributed by atoms with Crippen LogP contribution in [0.5, 0.6) is 0 Å². The van der Waals surface area contributed by atoms with Crippen LogP contribution in [0.25, 0.3) is 0 Å². The summed E-state index contributed by atoms with van der Waals surface area (Å²) in [5.74, 6) is -1.40. The number of ketones is 1. The molecule has 0 aliphatic carbocycles. The van der Waals surface area contributed by atoms with E-state index < -0.39 is 35.4 Å². The highest BCUT2D eigenvalue weighted by Crippen LogP contribution is 2.29. The van der Waals surface area contributed by atoms with Crippen molar-refractivity contribution in [1.82, 2.24) is 21.3 Å². The molecule has 1 heterocycles. The maximum Gasteiger partial charge on any atom is 0.243 e. The molecule has 0 aromatic carbocycles. The minimum atomic E-state index is -0.849. The molecule has 1 aliphatic rings. The second-order valence-electron chi connectivity index (χ2n) is 8.60. The van der Waals surface area contributed by atoms with Gasteiger partial charge < -0.3 is 26.0 Å². The molecule has 30 heavy (non-hydrogen) atoms. The van der Waals surface area contributed by atoms with Gasteiger partial charge in [-0.15, -0.1) is 0 Å². The molecule has 0 aromatic heterocycles. The SMILES string of the molecule is CC(C)CC(NC(=O)CNC=O)C(=O)NCC(=O)NC(CC(C)C)C(=O)C1(C)CO1. The molecule has 4 N–H and O–H groups in total. The first-order valence-electron chi connectivity index (χ1n) is 10.2. The Kier molecular flexibility index (Phi) is 9.91. The molecule has 0 radical (unpaired) electrons. The number of epoxide rings is 1. The van der Waals surface area contributed by atoms with Gasteiger partial charge in [0.05, 0.1) is 25.7 Å². The van der Waals surface area contributed by atoms with Crippen LogP contribution in [-0.2, 0) is 28.7 Å². The summed E-state index contributed by atoms with van der Waals surface area (Å²) in [7, 11) is 0. The number of hydrogen-bond acceptors (Lipinski definition) is 6. The van der Waals surface area contributed by atoms with Gasteiger partial charge in [-0.05, 0) is 31.6 Å². The molecule has 1 rings (SSSR count). The first kappa shape index (κ1) is 25.5. The molecule has 1 aliphatic heterocycles. The molecule has 3 unspecified atom stereocenters. The van der Waals surface area contributed by atoms with Gasteiger partial charge >= 0.3 is 0 Å². The lowest BCUT2D eigenvalue weighted by Crippen LogP contribution is -2.53. The van der Waals surface area contributed by atoms with Crippen molar-refractivity contribution >= 4 is 29.9 Å². The van der Waals surface area contributed by atoms with Gasteiger partial charge in [0.1, 0.15) is 11.6 Å². The van der Waals surface area contributed by atoms with Crippen molar-refractivity contribution in [2.24, 2.45) is 11.8 Å². The first-order valence-corrected chi connectivity index (χ1v) is 10.2. The smallest absolute Gasteiger partial charge is 0.243 e.